The Morgan fingerprint density at radius 3 is 2.43 bits per heavy atom. The monoisotopic (exact) mass is 593 g/mol. The number of fused-ring (bicyclic) bond motifs is 1. The predicted molar refractivity (Wildman–Crippen MR) is 164 cm³/mol. The topological polar surface area (TPSA) is 86.3 Å². The molecule has 1 N–H and O–H groups in total. The van der Waals surface area contributed by atoms with Gasteiger partial charge in [0.05, 0.1) is 34.1 Å². The summed E-state index contributed by atoms with van der Waals surface area (Å²) in [5.74, 6) is 0.447. The molecule has 0 radical (unpaired) electrons. The largest absolute Gasteiger partial charge is 0.426 e. The van der Waals surface area contributed by atoms with Crippen molar-refractivity contribution in [3.05, 3.63) is 126 Å². The van der Waals surface area contributed by atoms with Gasteiger partial charge < -0.3 is 14.2 Å². The number of benzene rings is 4. The standard InChI is InChI=1S/C33H25ClN3O4P/c34-29-21-31-30(20-28(29)24-11-9-23(10-12-24)22-5-2-1-3-6-22)36-33(37-31)40-26-7-4-8-27(19-26)42(38)39-18-15-32(41-42)25-13-16-35-17-14-25/h1-14,16-17,19-21,32H,15,18H2,(H,36,37). The number of H-pyrrole nitrogens is 1. The van der Waals surface area contributed by atoms with Gasteiger partial charge in [0, 0.05) is 24.4 Å². The summed E-state index contributed by atoms with van der Waals surface area (Å²) in [7, 11) is -3.57. The molecule has 0 spiro atoms. The molecule has 0 aliphatic carbocycles. The summed E-state index contributed by atoms with van der Waals surface area (Å²) >= 11 is 6.69. The molecule has 0 amide bonds. The molecule has 2 unspecified atom stereocenters. The molecule has 3 heterocycles. The van der Waals surface area contributed by atoms with Crippen LogP contribution in [-0.4, -0.2) is 21.6 Å². The molecule has 7 nitrogen and oxygen atoms in total. The highest BCUT2D eigenvalue weighted by atomic mass is 35.5. The fourth-order valence-electron chi connectivity index (χ4n) is 5.05. The van der Waals surface area contributed by atoms with Crippen LogP contribution in [0.5, 0.6) is 11.8 Å². The van der Waals surface area contributed by atoms with E-state index in [0.29, 0.717) is 34.6 Å². The molecule has 0 saturated carbocycles. The molecular formula is C33H25ClN3O4P. The second kappa shape index (κ2) is 11.2. The minimum absolute atomic E-state index is 0.285. The van der Waals surface area contributed by atoms with Crippen molar-refractivity contribution in [2.75, 3.05) is 6.61 Å². The smallest absolute Gasteiger partial charge is 0.362 e. The highest BCUT2D eigenvalue weighted by Gasteiger charge is 2.36. The van der Waals surface area contributed by atoms with E-state index in [4.69, 9.17) is 25.4 Å². The zero-order valence-corrected chi connectivity index (χ0v) is 24.0. The van der Waals surface area contributed by atoms with Gasteiger partial charge in [-0.25, -0.2) is 0 Å². The molecule has 42 heavy (non-hydrogen) atoms. The SMILES string of the molecule is O=P1(c2cccc(Oc3nc4cc(-c5ccc(-c6ccccc6)cc5)c(Cl)cc4[nH]3)c2)OCCC(c2ccncc2)O1. The first-order valence-corrected chi connectivity index (χ1v) is 15.4. The number of aromatic amines is 1. The maximum absolute atomic E-state index is 13.7. The summed E-state index contributed by atoms with van der Waals surface area (Å²) in [4.78, 5) is 11.9. The van der Waals surface area contributed by atoms with Gasteiger partial charge in [-0.15, -0.1) is 0 Å². The molecule has 1 aliphatic rings. The third-order valence-electron chi connectivity index (χ3n) is 7.19. The first-order chi connectivity index (χ1) is 20.5. The van der Waals surface area contributed by atoms with Gasteiger partial charge in [-0.2, -0.15) is 4.98 Å². The van der Waals surface area contributed by atoms with Gasteiger partial charge in [0.25, 0.3) is 6.01 Å². The summed E-state index contributed by atoms with van der Waals surface area (Å²) in [5.41, 5.74) is 6.51. The average molecular weight is 594 g/mol. The van der Waals surface area contributed by atoms with Crippen molar-refractivity contribution in [1.82, 2.24) is 15.0 Å². The van der Waals surface area contributed by atoms with E-state index in [2.05, 4.69) is 51.4 Å². The van der Waals surface area contributed by atoms with Crippen molar-refractivity contribution in [2.24, 2.45) is 0 Å². The zero-order valence-electron chi connectivity index (χ0n) is 22.3. The zero-order chi connectivity index (χ0) is 28.5. The van der Waals surface area contributed by atoms with Crippen LogP contribution < -0.4 is 10.0 Å². The van der Waals surface area contributed by atoms with Crippen molar-refractivity contribution in [2.45, 2.75) is 12.5 Å². The number of rotatable bonds is 6. The minimum atomic E-state index is -3.57. The Morgan fingerprint density at radius 2 is 1.62 bits per heavy atom. The van der Waals surface area contributed by atoms with Gasteiger partial charge in [-0.3, -0.25) is 14.1 Å². The molecule has 0 bridgehead atoms. The molecule has 6 aromatic rings. The van der Waals surface area contributed by atoms with E-state index in [1.165, 1.54) is 0 Å². The highest BCUT2D eigenvalue weighted by Crippen LogP contribution is 2.55. The maximum Gasteiger partial charge on any atom is 0.362 e. The van der Waals surface area contributed by atoms with Gasteiger partial charge in [-0.1, -0.05) is 72.3 Å². The molecule has 4 aromatic carbocycles. The predicted octanol–water partition coefficient (Wildman–Crippen LogP) is 8.73. The number of nitrogens with zero attached hydrogens (tertiary/aromatic N) is 2. The van der Waals surface area contributed by atoms with Crippen molar-refractivity contribution in [3.63, 3.8) is 0 Å². The van der Waals surface area contributed by atoms with Crippen LogP contribution in [0, 0.1) is 0 Å². The van der Waals surface area contributed by atoms with E-state index in [0.717, 1.165) is 33.3 Å². The van der Waals surface area contributed by atoms with E-state index in [1.54, 1.807) is 36.7 Å². The number of hydrogen-bond acceptors (Lipinski definition) is 6. The molecule has 2 atom stereocenters. The lowest BCUT2D eigenvalue weighted by Gasteiger charge is -2.30. The van der Waals surface area contributed by atoms with Crippen molar-refractivity contribution in [1.29, 1.82) is 0 Å². The molecule has 1 saturated heterocycles. The third-order valence-corrected chi connectivity index (χ3v) is 9.46. The number of aromatic nitrogens is 3. The van der Waals surface area contributed by atoms with Crippen LogP contribution in [0.25, 0.3) is 33.3 Å². The van der Waals surface area contributed by atoms with Crippen LogP contribution in [0.4, 0.5) is 0 Å². The first kappa shape index (κ1) is 26.6. The summed E-state index contributed by atoms with van der Waals surface area (Å²) in [6, 6.07) is 33.2. The number of imidazole rings is 1. The Bertz CT molecular complexity index is 1910. The highest BCUT2D eigenvalue weighted by molar-refractivity contribution is 7.62. The fraction of sp³-hybridized carbons (Fsp3) is 0.0909. The van der Waals surface area contributed by atoms with Gasteiger partial charge in [0.1, 0.15) is 5.75 Å². The Balaban J connectivity index is 1.12. The first-order valence-electron chi connectivity index (χ1n) is 13.5. The number of hydrogen-bond donors (Lipinski definition) is 1. The summed E-state index contributed by atoms with van der Waals surface area (Å²) < 4.78 is 31.5. The van der Waals surface area contributed by atoms with Gasteiger partial charge in [0.2, 0.25) is 0 Å². The lowest BCUT2D eigenvalue weighted by atomic mass is 10.00. The van der Waals surface area contributed by atoms with E-state index in [9.17, 15) is 4.57 Å². The molecule has 208 valence electrons. The molecule has 1 aliphatic heterocycles. The number of halogens is 1. The van der Waals surface area contributed by atoms with Crippen LogP contribution in [-0.2, 0) is 13.6 Å². The van der Waals surface area contributed by atoms with Crippen LogP contribution in [0.1, 0.15) is 18.1 Å². The Morgan fingerprint density at radius 1 is 0.857 bits per heavy atom. The molecule has 7 rings (SSSR count). The molecule has 9 heteroatoms. The quantitative estimate of drug-likeness (QED) is 0.194. The average Bonchev–Trinajstić information content (AvgIpc) is 3.42. The number of ether oxygens (including phenoxy) is 1. The number of pyridine rings is 1. The summed E-state index contributed by atoms with van der Waals surface area (Å²) in [5, 5.41) is 1.01. The normalized spacial score (nSPS) is 18.6. The van der Waals surface area contributed by atoms with E-state index >= 15 is 0 Å². The van der Waals surface area contributed by atoms with Crippen molar-refractivity contribution < 1.29 is 18.3 Å². The maximum atomic E-state index is 13.7. The van der Waals surface area contributed by atoms with E-state index < -0.39 is 7.60 Å². The van der Waals surface area contributed by atoms with Crippen LogP contribution in [0.2, 0.25) is 5.02 Å². The Hall–Kier alpha value is -4.26. The van der Waals surface area contributed by atoms with Crippen LogP contribution in [0.3, 0.4) is 0 Å². The lowest BCUT2D eigenvalue weighted by molar-refractivity contribution is 0.0875. The minimum Gasteiger partial charge on any atom is -0.426 e. The summed E-state index contributed by atoms with van der Waals surface area (Å²) in [6.07, 6.45) is 3.64. The Labute approximate surface area is 247 Å². The molecule has 1 fully saturated rings. The lowest BCUT2D eigenvalue weighted by Crippen LogP contribution is -2.20. The van der Waals surface area contributed by atoms with E-state index in [-0.39, 0.29) is 12.1 Å². The molecular weight excluding hydrogens is 569 g/mol. The second-order valence-corrected chi connectivity index (χ2v) is 12.3. The van der Waals surface area contributed by atoms with Crippen LogP contribution in [0.15, 0.2) is 116 Å². The Kier molecular flexibility index (Phi) is 7.10. The van der Waals surface area contributed by atoms with Crippen LogP contribution >= 0.6 is 19.2 Å². The number of nitrogens with one attached hydrogen (secondary N) is 1. The van der Waals surface area contributed by atoms with Crippen molar-refractivity contribution in [3.8, 4) is 34.0 Å². The summed E-state index contributed by atoms with van der Waals surface area (Å²) in [6.45, 7) is 0.316. The molecule has 2 aromatic heterocycles. The van der Waals surface area contributed by atoms with E-state index in [1.807, 2.05) is 42.5 Å². The van der Waals surface area contributed by atoms with Gasteiger partial charge in [0.15, 0.2) is 0 Å². The third kappa shape index (κ3) is 5.36. The van der Waals surface area contributed by atoms with Gasteiger partial charge >= 0.3 is 7.60 Å². The second-order valence-electron chi connectivity index (χ2n) is 9.93. The van der Waals surface area contributed by atoms with Gasteiger partial charge in [-0.05, 0) is 64.7 Å². The van der Waals surface area contributed by atoms with Crippen molar-refractivity contribution >= 4 is 35.5 Å². The fourth-order valence-corrected chi connectivity index (χ4v) is 7.12.